The monoisotopic (exact) mass is 401 g/mol. The number of benzene rings is 2. The van der Waals surface area contributed by atoms with E-state index in [9.17, 15) is 13.2 Å². The number of hydrogen-bond donors (Lipinski definition) is 1. The maximum absolute atomic E-state index is 12.2. The van der Waals surface area contributed by atoms with E-state index in [1.54, 1.807) is 32.2 Å². The third kappa shape index (κ3) is 4.01. The van der Waals surface area contributed by atoms with Gasteiger partial charge in [-0.3, -0.25) is 9.52 Å². The molecule has 0 saturated carbocycles. The van der Waals surface area contributed by atoms with Gasteiger partial charge < -0.3 is 4.74 Å². The molecule has 3 rings (SSSR count). The minimum Gasteiger partial charge on any atom is -0.496 e. The third-order valence-electron chi connectivity index (χ3n) is 4.61. The van der Waals surface area contributed by atoms with Crippen LogP contribution in [0.15, 0.2) is 53.6 Å². The molecular weight excluding hydrogens is 378 g/mol. The van der Waals surface area contributed by atoms with Crippen LogP contribution in [0.25, 0.3) is 0 Å². The van der Waals surface area contributed by atoms with Crippen molar-refractivity contribution in [2.75, 3.05) is 17.6 Å². The molecule has 0 bridgehead atoms. The van der Waals surface area contributed by atoms with Crippen LogP contribution in [0.5, 0.6) is 5.75 Å². The predicted molar refractivity (Wildman–Crippen MR) is 109 cm³/mol. The van der Waals surface area contributed by atoms with Crippen LogP contribution in [0, 0.1) is 0 Å². The molecule has 0 aromatic heterocycles. The van der Waals surface area contributed by atoms with Gasteiger partial charge in [-0.25, -0.2) is 13.4 Å². The Morgan fingerprint density at radius 3 is 2.57 bits per heavy atom. The maximum atomic E-state index is 12.2. The number of ether oxygens (including phenoxy) is 1. The molecule has 0 saturated heterocycles. The molecule has 0 unspecified atom stereocenters. The molecule has 1 N–H and O–H groups in total. The topological polar surface area (TPSA) is 88.1 Å². The lowest BCUT2D eigenvalue weighted by Gasteiger charge is -2.22. The van der Waals surface area contributed by atoms with Crippen molar-refractivity contribution in [1.29, 1.82) is 0 Å². The second-order valence-corrected chi connectivity index (χ2v) is 8.43. The van der Waals surface area contributed by atoms with Crippen LogP contribution < -0.4 is 9.46 Å². The number of sulfonamides is 1. The number of anilines is 1. The van der Waals surface area contributed by atoms with Gasteiger partial charge in [0.05, 0.1) is 30.3 Å². The Labute approximate surface area is 165 Å². The predicted octanol–water partition coefficient (Wildman–Crippen LogP) is 3.15. The summed E-state index contributed by atoms with van der Waals surface area (Å²) in [4.78, 5) is 12.2. The number of amides is 1. The summed E-state index contributed by atoms with van der Waals surface area (Å²) >= 11 is 0. The highest BCUT2D eigenvalue weighted by Crippen LogP contribution is 2.38. The summed E-state index contributed by atoms with van der Waals surface area (Å²) in [6.07, 6.45) is 0.449. The number of nitrogens with zero attached hydrogens (tertiary/aromatic N) is 2. The number of nitrogens with one attached hydrogen (secondary N) is 1. The normalized spacial score (nSPS) is 16.6. The molecule has 1 heterocycles. The van der Waals surface area contributed by atoms with Crippen LogP contribution >= 0.6 is 0 Å². The Kier molecular flexibility index (Phi) is 5.69. The van der Waals surface area contributed by atoms with E-state index in [4.69, 9.17) is 4.74 Å². The zero-order chi connectivity index (χ0) is 20.3. The van der Waals surface area contributed by atoms with Crippen LogP contribution in [-0.4, -0.2) is 37.9 Å². The lowest BCUT2D eigenvalue weighted by atomic mass is 9.97. The Balaban J connectivity index is 2.01. The van der Waals surface area contributed by atoms with Gasteiger partial charge in [0.1, 0.15) is 5.75 Å². The molecule has 0 radical (unpaired) electrons. The van der Waals surface area contributed by atoms with Gasteiger partial charge in [0.2, 0.25) is 15.9 Å². The molecule has 7 nitrogen and oxygen atoms in total. The van der Waals surface area contributed by atoms with Gasteiger partial charge in [0.25, 0.3) is 0 Å². The molecule has 28 heavy (non-hydrogen) atoms. The Morgan fingerprint density at radius 1 is 1.21 bits per heavy atom. The lowest BCUT2D eigenvalue weighted by molar-refractivity contribution is -0.130. The Morgan fingerprint density at radius 2 is 1.89 bits per heavy atom. The minimum atomic E-state index is -3.44. The number of hydrogen-bond acceptors (Lipinski definition) is 5. The van der Waals surface area contributed by atoms with E-state index in [2.05, 4.69) is 9.82 Å². The zero-order valence-corrected chi connectivity index (χ0v) is 16.9. The van der Waals surface area contributed by atoms with Crippen molar-refractivity contribution in [3.05, 3.63) is 59.7 Å². The highest BCUT2D eigenvalue weighted by molar-refractivity contribution is 7.92. The van der Waals surface area contributed by atoms with E-state index >= 15 is 0 Å². The summed E-state index contributed by atoms with van der Waals surface area (Å²) < 4.78 is 32.1. The van der Waals surface area contributed by atoms with Crippen molar-refractivity contribution in [2.45, 2.75) is 26.3 Å². The summed E-state index contributed by atoms with van der Waals surface area (Å²) in [6, 6.07) is 14.2. The van der Waals surface area contributed by atoms with Gasteiger partial charge in [-0.1, -0.05) is 36.4 Å². The number of carbonyl (C=O) groups excluding carboxylic acids is 1. The first kappa shape index (κ1) is 19.9. The highest BCUT2D eigenvalue weighted by atomic mass is 32.2. The average Bonchev–Trinajstić information content (AvgIpc) is 3.13. The number of para-hydroxylation sites is 2. The number of methoxy groups -OCH3 is 1. The molecule has 0 aliphatic carbocycles. The fourth-order valence-corrected chi connectivity index (χ4v) is 3.87. The molecule has 2 aromatic carbocycles. The standard InChI is InChI=1S/C20H23N3O4S/c1-4-28(25,26)22-17-11-7-5-9-15(17)18-13-19(23(21-18)14(2)24)16-10-6-8-12-20(16)27-3/h5-12,19,22H,4,13H2,1-3H3/t19-/m1/s1. The first-order valence-corrected chi connectivity index (χ1v) is 10.6. The van der Waals surface area contributed by atoms with E-state index < -0.39 is 10.0 Å². The van der Waals surface area contributed by atoms with E-state index in [0.29, 0.717) is 29.1 Å². The van der Waals surface area contributed by atoms with E-state index in [-0.39, 0.29) is 17.7 Å². The van der Waals surface area contributed by atoms with Crippen LogP contribution in [0.3, 0.4) is 0 Å². The maximum Gasteiger partial charge on any atom is 0.240 e. The van der Waals surface area contributed by atoms with Crippen molar-refractivity contribution in [1.82, 2.24) is 5.01 Å². The average molecular weight is 401 g/mol. The molecule has 1 atom stereocenters. The summed E-state index contributed by atoms with van der Waals surface area (Å²) in [7, 11) is -1.85. The number of hydrazone groups is 1. The lowest BCUT2D eigenvalue weighted by Crippen LogP contribution is -2.24. The highest BCUT2D eigenvalue weighted by Gasteiger charge is 2.34. The summed E-state index contributed by atoms with van der Waals surface area (Å²) in [6.45, 7) is 3.04. The second-order valence-electron chi connectivity index (χ2n) is 6.42. The van der Waals surface area contributed by atoms with Gasteiger partial charge in [-0.15, -0.1) is 0 Å². The fourth-order valence-electron chi connectivity index (χ4n) is 3.21. The van der Waals surface area contributed by atoms with Crippen LogP contribution in [0.1, 0.15) is 37.4 Å². The van der Waals surface area contributed by atoms with Gasteiger partial charge in [-0.2, -0.15) is 5.10 Å². The van der Waals surface area contributed by atoms with Crippen molar-refractivity contribution in [3.8, 4) is 5.75 Å². The zero-order valence-electron chi connectivity index (χ0n) is 16.0. The van der Waals surface area contributed by atoms with Gasteiger partial charge in [-0.05, 0) is 19.1 Å². The molecular formula is C20H23N3O4S. The van der Waals surface area contributed by atoms with E-state index in [1.165, 1.54) is 11.9 Å². The molecule has 1 amide bonds. The molecule has 8 heteroatoms. The van der Waals surface area contributed by atoms with Crippen molar-refractivity contribution in [2.24, 2.45) is 5.10 Å². The Bertz CT molecular complexity index is 1020. The van der Waals surface area contributed by atoms with Gasteiger partial charge in [0, 0.05) is 24.5 Å². The van der Waals surface area contributed by atoms with Gasteiger partial charge in [0.15, 0.2) is 0 Å². The molecule has 148 valence electrons. The van der Waals surface area contributed by atoms with Crippen molar-refractivity contribution in [3.63, 3.8) is 0 Å². The van der Waals surface area contributed by atoms with Crippen LogP contribution in [0.4, 0.5) is 5.69 Å². The second kappa shape index (κ2) is 8.02. The number of rotatable bonds is 6. The third-order valence-corrected chi connectivity index (χ3v) is 5.91. The summed E-state index contributed by atoms with van der Waals surface area (Å²) in [5, 5.41) is 5.95. The molecule has 0 fully saturated rings. The molecule has 1 aliphatic rings. The summed E-state index contributed by atoms with van der Waals surface area (Å²) in [5.41, 5.74) is 2.60. The largest absolute Gasteiger partial charge is 0.496 e. The van der Waals surface area contributed by atoms with Crippen molar-refractivity contribution >= 4 is 27.3 Å². The quantitative estimate of drug-likeness (QED) is 0.805. The molecule has 1 aliphatic heterocycles. The summed E-state index contributed by atoms with van der Waals surface area (Å²) in [5.74, 6) is 0.449. The SMILES string of the molecule is CCS(=O)(=O)Nc1ccccc1C1=NN(C(C)=O)[C@@H](c2ccccc2OC)C1. The Hall–Kier alpha value is -2.87. The van der Waals surface area contributed by atoms with Crippen molar-refractivity contribution < 1.29 is 17.9 Å². The fraction of sp³-hybridized carbons (Fsp3) is 0.300. The van der Waals surface area contributed by atoms with E-state index in [0.717, 1.165) is 5.56 Å². The minimum absolute atomic E-state index is 0.0305. The first-order valence-electron chi connectivity index (χ1n) is 8.96. The first-order chi connectivity index (χ1) is 13.4. The van der Waals surface area contributed by atoms with Crippen LogP contribution in [-0.2, 0) is 14.8 Å². The molecule has 0 spiro atoms. The van der Waals surface area contributed by atoms with Crippen LogP contribution in [0.2, 0.25) is 0 Å². The smallest absolute Gasteiger partial charge is 0.240 e. The van der Waals surface area contributed by atoms with Gasteiger partial charge >= 0.3 is 0 Å². The molecule has 2 aromatic rings. The number of carbonyl (C=O) groups is 1. The van der Waals surface area contributed by atoms with E-state index in [1.807, 2.05) is 30.3 Å².